The smallest absolute Gasteiger partial charge is 0.141 e. The molecule has 0 aliphatic carbocycles. The summed E-state index contributed by atoms with van der Waals surface area (Å²) in [4.78, 5) is 23.5. The Morgan fingerprint density at radius 2 is 0.606 bits per heavy atom. The van der Waals surface area contributed by atoms with Crippen molar-refractivity contribution in [1.82, 2.24) is 0 Å². The Morgan fingerprint density at radius 3 is 0.758 bits per heavy atom. The monoisotopic (exact) mass is 526 g/mol. The largest absolute Gasteiger partial charge is 0.299 e. The predicted molar refractivity (Wildman–Crippen MR) is 131 cm³/mol. The summed E-state index contributed by atoms with van der Waals surface area (Å²) in [5, 5.41) is 0. The summed E-state index contributed by atoms with van der Waals surface area (Å²) in [5.74, 6) is 0.0830. The van der Waals surface area contributed by atoms with Crippen LogP contribution in [0.4, 0.5) is 0 Å². The van der Waals surface area contributed by atoms with E-state index in [0.29, 0.717) is 0 Å². The van der Waals surface area contributed by atoms with Crippen LogP contribution in [0.2, 0.25) is 0 Å². The van der Waals surface area contributed by atoms with Crippen molar-refractivity contribution < 1.29 is 30.0 Å². The molecule has 0 saturated heterocycles. The molecule has 4 aromatic carbocycles. The molecule has 0 unspecified atom stereocenters. The van der Waals surface area contributed by atoms with Gasteiger partial charge in [0.2, 0.25) is 0 Å². The van der Waals surface area contributed by atoms with E-state index in [4.69, 9.17) is 0 Å². The number of carbonyl (C=O) groups excluding carboxylic acids is 2. The Morgan fingerprint density at radius 1 is 0.424 bits per heavy atom. The summed E-state index contributed by atoms with van der Waals surface area (Å²) >= 11 is 0. The molecule has 0 spiro atoms. The molecule has 0 N–H and O–H groups in total. The van der Waals surface area contributed by atoms with Gasteiger partial charge in [0.1, 0.15) is 11.6 Å². The fourth-order valence-electron chi connectivity index (χ4n) is 3.91. The molecule has 170 valence electrons. The average Bonchev–Trinajstić information content (AvgIpc) is 2.82. The molecule has 33 heavy (non-hydrogen) atoms. The predicted octanol–water partition coefficient (Wildman–Crippen LogP) is 6.81. The number of hydrogen-bond donors (Lipinski definition) is 0. The van der Waals surface area contributed by atoms with E-state index in [-0.39, 0.29) is 43.8 Å². The summed E-state index contributed by atoms with van der Waals surface area (Å²) in [6.45, 7) is 3.29. The fourth-order valence-corrected chi connectivity index (χ4v) is 3.91. The van der Waals surface area contributed by atoms with Gasteiger partial charge in [-0.15, -0.1) is 0 Å². The zero-order valence-electron chi connectivity index (χ0n) is 18.8. The maximum Gasteiger partial charge on any atom is 0.141 e. The third-order valence-corrected chi connectivity index (χ3v) is 5.34. The molecule has 0 heterocycles. The number of Topliss-reactive ketones (excluding diaryl/α,β-unsaturated/α-hetero) is 2. The standard InChI is InChI=1S/2C15H14O.Pd/c2*1-12(16)15(13-8-4-2-5-9-13)14-10-6-3-7-11-14;/h2*2-11,15H,1H3;. The van der Waals surface area contributed by atoms with Crippen LogP contribution in [0.15, 0.2) is 121 Å². The van der Waals surface area contributed by atoms with Crippen molar-refractivity contribution >= 4 is 11.6 Å². The minimum Gasteiger partial charge on any atom is -0.299 e. The summed E-state index contributed by atoms with van der Waals surface area (Å²) in [6, 6.07) is 39.6. The van der Waals surface area contributed by atoms with E-state index in [1.165, 1.54) is 0 Å². The average molecular weight is 527 g/mol. The number of ketones is 2. The molecule has 4 aromatic rings. The summed E-state index contributed by atoms with van der Waals surface area (Å²) < 4.78 is 0. The Hall–Kier alpha value is -3.12. The number of hydrogen-bond acceptors (Lipinski definition) is 2. The normalized spacial score (nSPS) is 10.1. The Kier molecular flexibility index (Phi) is 10.6. The summed E-state index contributed by atoms with van der Waals surface area (Å²) in [6.07, 6.45) is 0. The first-order chi connectivity index (χ1) is 15.6. The van der Waals surface area contributed by atoms with Crippen LogP contribution in [0, 0.1) is 0 Å². The van der Waals surface area contributed by atoms with Crippen LogP contribution in [-0.4, -0.2) is 11.6 Å². The molecule has 3 heteroatoms. The molecule has 4 rings (SSSR count). The van der Waals surface area contributed by atoms with Crippen molar-refractivity contribution in [2.75, 3.05) is 0 Å². The zero-order valence-corrected chi connectivity index (χ0v) is 20.4. The van der Waals surface area contributed by atoms with Crippen molar-refractivity contribution in [3.05, 3.63) is 144 Å². The van der Waals surface area contributed by atoms with Crippen LogP contribution in [0.5, 0.6) is 0 Å². The van der Waals surface area contributed by atoms with Gasteiger partial charge < -0.3 is 0 Å². The van der Waals surface area contributed by atoms with Gasteiger partial charge in [0.15, 0.2) is 0 Å². The second-order valence-corrected chi connectivity index (χ2v) is 7.73. The first kappa shape index (κ1) is 26.1. The van der Waals surface area contributed by atoms with E-state index in [2.05, 4.69) is 0 Å². The molecular weight excluding hydrogens is 499 g/mol. The molecule has 0 amide bonds. The first-order valence-corrected chi connectivity index (χ1v) is 10.8. The number of carbonyl (C=O) groups is 2. The van der Waals surface area contributed by atoms with Gasteiger partial charge >= 0.3 is 0 Å². The zero-order chi connectivity index (χ0) is 22.8. The quantitative estimate of drug-likeness (QED) is 0.259. The van der Waals surface area contributed by atoms with Gasteiger partial charge in [0, 0.05) is 20.4 Å². The molecular formula is C30H28O2Pd. The fraction of sp³-hybridized carbons (Fsp3) is 0.133. The molecule has 2 nitrogen and oxygen atoms in total. The van der Waals surface area contributed by atoms with Crippen LogP contribution in [0.1, 0.15) is 47.9 Å². The van der Waals surface area contributed by atoms with E-state index >= 15 is 0 Å². The molecule has 0 radical (unpaired) electrons. The van der Waals surface area contributed by atoms with Gasteiger partial charge in [-0.2, -0.15) is 0 Å². The van der Waals surface area contributed by atoms with Crippen molar-refractivity contribution in [3.8, 4) is 0 Å². The molecule has 0 aliphatic rings. The number of benzene rings is 4. The van der Waals surface area contributed by atoms with Gasteiger partial charge in [0.05, 0.1) is 11.8 Å². The van der Waals surface area contributed by atoms with Crippen molar-refractivity contribution in [2.24, 2.45) is 0 Å². The van der Waals surface area contributed by atoms with Crippen LogP contribution < -0.4 is 0 Å². The molecule has 0 aliphatic heterocycles. The Labute approximate surface area is 210 Å². The van der Waals surface area contributed by atoms with Crippen molar-refractivity contribution in [3.63, 3.8) is 0 Å². The minimum absolute atomic E-state index is 0. The SMILES string of the molecule is CC(=O)C(c1ccccc1)c1ccccc1.CC(=O)C(c1ccccc1)c1ccccc1.[Pd]. The van der Waals surface area contributed by atoms with E-state index in [9.17, 15) is 9.59 Å². The number of rotatable bonds is 6. The van der Waals surface area contributed by atoms with Crippen LogP contribution in [0.25, 0.3) is 0 Å². The van der Waals surface area contributed by atoms with Crippen LogP contribution in [0.3, 0.4) is 0 Å². The molecule has 0 bridgehead atoms. The molecule has 0 aromatic heterocycles. The molecule has 0 saturated carbocycles. The van der Waals surface area contributed by atoms with Gasteiger partial charge in [-0.05, 0) is 36.1 Å². The Bertz CT molecular complexity index is 939. The topological polar surface area (TPSA) is 34.1 Å². The third kappa shape index (κ3) is 7.46. The van der Waals surface area contributed by atoms with E-state index in [1.807, 2.05) is 121 Å². The van der Waals surface area contributed by atoms with Gasteiger partial charge in [-0.25, -0.2) is 0 Å². The maximum absolute atomic E-state index is 11.7. The van der Waals surface area contributed by atoms with Crippen LogP contribution in [-0.2, 0) is 30.0 Å². The van der Waals surface area contributed by atoms with E-state index < -0.39 is 0 Å². The Balaban J connectivity index is 0.000000227. The van der Waals surface area contributed by atoms with Gasteiger partial charge in [0.25, 0.3) is 0 Å². The second-order valence-electron chi connectivity index (χ2n) is 7.73. The molecule has 0 fully saturated rings. The third-order valence-electron chi connectivity index (χ3n) is 5.34. The second kappa shape index (κ2) is 13.4. The summed E-state index contributed by atoms with van der Waals surface area (Å²) in [5.41, 5.74) is 4.23. The van der Waals surface area contributed by atoms with Crippen LogP contribution >= 0.6 is 0 Å². The van der Waals surface area contributed by atoms with E-state index in [1.54, 1.807) is 13.8 Å². The maximum atomic E-state index is 11.7. The van der Waals surface area contributed by atoms with Gasteiger partial charge in [-0.3, -0.25) is 9.59 Å². The summed E-state index contributed by atoms with van der Waals surface area (Å²) in [7, 11) is 0. The van der Waals surface area contributed by atoms with Crippen molar-refractivity contribution in [1.29, 1.82) is 0 Å². The minimum atomic E-state index is -0.137. The van der Waals surface area contributed by atoms with Gasteiger partial charge in [-0.1, -0.05) is 121 Å². The van der Waals surface area contributed by atoms with Crippen molar-refractivity contribution in [2.45, 2.75) is 25.7 Å². The van der Waals surface area contributed by atoms with E-state index in [0.717, 1.165) is 22.3 Å². The first-order valence-electron chi connectivity index (χ1n) is 10.8. The molecule has 0 atom stereocenters.